The normalized spacial score (nSPS) is 10.7. The highest BCUT2D eigenvalue weighted by molar-refractivity contribution is 5.87. The standard InChI is InChI=1S/C12H9N5O3/c1-7-2-10(17-12(16-7)14-6-15-17)20-9-3-8(11(18)19)4-13-5-9/h2-6H,1H3,(H,18,19). The fourth-order valence-electron chi connectivity index (χ4n) is 1.68. The summed E-state index contributed by atoms with van der Waals surface area (Å²) >= 11 is 0. The van der Waals surface area contributed by atoms with E-state index in [0.717, 1.165) is 0 Å². The van der Waals surface area contributed by atoms with Gasteiger partial charge >= 0.3 is 5.97 Å². The summed E-state index contributed by atoms with van der Waals surface area (Å²) in [6, 6.07) is 3.06. The van der Waals surface area contributed by atoms with E-state index in [4.69, 9.17) is 9.84 Å². The van der Waals surface area contributed by atoms with Gasteiger partial charge in [-0.1, -0.05) is 0 Å². The minimum atomic E-state index is -1.07. The fraction of sp³-hybridized carbons (Fsp3) is 0.0833. The zero-order chi connectivity index (χ0) is 14.1. The summed E-state index contributed by atoms with van der Waals surface area (Å²) < 4.78 is 7.03. The largest absolute Gasteiger partial charge is 0.478 e. The van der Waals surface area contributed by atoms with Crippen LogP contribution in [0.15, 0.2) is 30.9 Å². The Morgan fingerprint density at radius 3 is 3.00 bits per heavy atom. The second-order valence-corrected chi connectivity index (χ2v) is 4.02. The molecule has 3 aromatic rings. The van der Waals surface area contributed by atoms with Crippen LogP contribution in [0, 0.1) is 6.92 Å². The number of rotatable bonds is 3. The monoisotopic (exact) mass is 271 g/mol. The van der Waals surface area contributed by atoms with Gasteiger partial charge in [0.05, 0.1) is 11.8 Å². The predicted molar refractivity (Wildman–Crippen MR) is 66.8 cm³/mol. The average Bonchev–Trinajstić information content (AvgIpc) is 2.87. The molecule has 3 heterocycles. The minimum Gasteiger partial charge on any atom is -0.478 e. The molecule has 3 rings (SSSR count). The van der Waals surface area contributed by atoms with Gasteiger partial charge in [-0.2, -0.15) is 14.6 Å². The zero-order valence-electron chi connectivity index (χ0n) is 10.4. The Kier molecular flexibility index (Phi) is 2.75. The second kappa shape index (κ2) is 4.57. The van der Waals surface area contributed by atoms with E-state index in [1.165, 1.54) is 29.3 Å². The number of fused-ring (bicyclic) bond motifs is 1. The molecule has 0 aromatic carbocycles. The van der Waals surface area contributed by atoms with E-state index in [9.17, 15) is 4.79 Å². The second-order valence-electron chi connectivity index (χ2n) is 4.02. The molecular weight excluding hydrogens is 262 g/mol. The van der Waals surface area contributed by atoms with E-state index < -0.39 is 5.97 Å². The smallest absolute Gasteiger partial charge is 0.337 e. The lowest BCUT2D eigenvalue weighted by atomic mass is 10.3. The number of aryl methyl sites for hydroxylation is 1. The topological polar surface area (TPSA) is 102 Å². The summed E-state index contributed by atoms with van der Waals surface area (Å²) in [6.45, 7) is 1.80. The van der Waals surface area contributed by atoms with Crippen molar-refractivity contribution in [2.75, 3.05) is 0 Å². The molecule has 0 amide bonds. The van der Waals surface area contributed by atoms with Crippen molar-refractivity contribution in [3.63, 3.8) is 0 Å². The van der Waals surface area contributed by atoms with Crippen LogP contribution >= 0.6 is 0 Å². The molecule has 20 heavy (non-hydrogen) atoms. The van der Waals surface area contributed by atoms with Crippen molar-refractivity contribution in [2.45, 2.75) is 6.92 Å². The molecule has 0 radical (unpaired) electrons. The number of aromatic nitrogens is 5. The molecule has 0 aliphatic heterocycles. The SMILES string of the molecule is Cc1cc(Oc2cncc(C(=O)O)c2)n2ncnc2n1. The van der Waals surface area contributed by atoms with Crippen LogP contribution in [0.25, 0.3) is 5.78 Å². The fourth-order valence-corrected chi connectivity index (χ4v) is 1.68. The summed E-state index contributed by atoms with van der Waals surface area (Å²) in [5, 5.41) is 12.9. The zero-order valence-corrected chi connectivity index (χ0v) is 10.4. The third-order valence-electron chi connectivity index (χ3n) is 2.53. The van der Waals surface area contributed by atoms with E-state index in [0.29, 0.717) is 23.1 Å². The van der Waals surface area contributed by atoms with Crippen LogP contribution in [0.5, 0.6) is 11.6 Å². The van der Waals surface area contributed by atoms with Gasteiger partial charge < -0.3 is 9.84 Å². The molecule has 8 nitrogen and oxygen atoms in total. The molecule has 0 saturated carbocycles. The van der Waals surface area contributed by atoms with Gasteiger partial charge in [-0.25, -0.2) is 9.78 Å². The average molecular weight is 271 g/mol. The highest BCUT2D eigenvalue weighted by Gasteiger charge is 2.10. The number of aromatic carboxylic acids is 1. The molecule has 0 bridgehead atoms. The van der Waals surface area contributed by atoms with E-state index in [1.54, 1.807) is 13.0 Å². The molecule has 0 aliphatic carbocycles. The summed E-state index contributed by atoms with van der Waals surface area (Å²) in [7, 11) is 0. The lowest BCUT2D eigenvalue weighted by Crippen LogP contribution is -2.01. The van der Waals surface area contributed by atoms with Crippen molar-refractivity contribution in [3.05, 3.63) is 42.1 Å². The Hall–Kier alpha value is -3.03. The molecule has 3 aromatic heterocycles. The van der Waals surface area contributed by atoms with Crippen LogP contribution in [-0.4, -0.2) is 35.6 Å². The Bertz CT molecular complexity index is 799. The van der Waals surface area contributed by atoms with E-state index in [-0.39, 0.29) is 5.56 Å². The number of nitrogens with zero attached hydrogens (tertiary/aromatic N) is 5. The maximum atomic E-state index is 10.9. The highest BCUT2D eigenvalue weighted by atomic mass is 16.5. The molecule has 8 heteroatoms. The molecule has 0 spiro atoms. The molecule has 0 aliphatic rings. The number of pyridine rings is 1. The molecule has 100 valence electrons. The van der Waals surface area contributed by atoms with Crippen molar-refractivity contribution < 1.29 is 14.6 Å². The van der Waals surface area contributed by atoms with Gasteiger partial charge in [-0.05, 0) is 13.0 Å². The van der Waals surface area contributed by atoms with E-state index in [1.807, 2.05) is 0 Å². The third kappa shape index (κ3) is 2.14. The van der Waals surface area contributed by atoms with Gasteiger partial charge in [0, 0.05) is 18.0 Å². The molecule has 0 unspecified atom stereocenters. The first-order valence-electron chi connectivity index (χ1n) is 5.67. The van der Waals surface area contributed by atoms with Crippen LogP contribution in [-0.2, 0) is 0 Å². The minimum absolute atomic E-state index is 0.0445. The molecule has 0 atom stereocenters. The lowest BCUT2D eigenvalue weighted by Gasteiger charge is -2.07. The van der Waals surface area contributed by atoms with Crippen molar-refractivity contribution in [1.29, 1.82) is 0 Å². The van der Waals surface area contributed by atoms with Crippen LogP contribution in [0.1, 0.15) is 16.1 Å². The lowest BCUT2D eigenvalue weighted by molar-refractivity contribution is 0.0696. The first-order valence-corrected chi connectivity index (χ1v) is 5.67. The number of carboxylic acids is 1. The van der Waals surface area contributed by atoms with Crippen molar-refractivity contribution >= 4 is 11.7 Å². The number of hydrogen-bond acceptors (Lipinski definition) is 6. The number of carboxylic acid groups (broad SMARTS) is 1. The van der Waals surface area contributed by atoms with Gasteiger partial charge in [-0.3, -0.25) is 4.98 Å². The van der Waals surface area contributed by atoms with Crippen LogP contribution < -0.4 is 4.74 Å². The van der Waals surface area contributed by atoms with Crippen LogP contribution in [0.2, 0.25) is 0 Å². The molecule has 0 fully saturated rings. The Labute approximate surface area is 112 Å². The molecule has 0 saturated heterocycles. The predicted octanol–water partition coefficient (Wildman–Crippen LogP) is 1.32. The maximum absolute atomic E-state index is 10.9. The summed E-state index contributed by atoms with van der Waals surface area (Å²) in [5.74, 6) is 0.0174. The number of hydrogen-bond donors (Lipinski definition) is 1. The summed E-state index contributed by atoms with van der Waals surface area (Å²) in [5.41, 5.74) is 0.756. The van der Waals surface area contributed by atoms with Gasteiger partial charge in [0.1, 0.15) is 12.1 Å². The van der Waals surface area contributed by atoms with Gasteiger partial charge in [0.2, 0.25) is 5.88 Å². The molecular formula is C12H9N5O3. The first kappa shape index (κ1) is 12.0. The Balaban J connectivity index is 2.02. The Morgan fingerprint density at radius 1 is 1.35 bits per heavy atom. The highest BCUT2D eigenvalue weighted by Crippen LogP contribution is 2.21. The number of ether oxygens (including phenoxy) is 1. The van der Waals surface area contributed by atoms with E-state index in [2.05, 4.69) is 20.1 Å². The van der Waals surface area contributed by atoms with Gasteiger partial charge in [0.15, 0.2) is 0 Å². The van der Waals surface area contributed by atoms with E-state index >= 15 is 0 Å². The van der Waals surface area contributed by atoms with Crippen molar-refractivity contribution in [3.8, 4) is 11.6 Å². The Morgan fingerprint density at radius 2 is 2.20 bits per heavy atom. The van der Waals surface area contributed by atoms with Gasteiger partial charge in [0.25, 0.3) is 5.78 Å². The van der Waals surface area contributed by atoms with Crippen LogP contribution in [0.3, 0.4) is 0 Å². The summed E-state index contributed by atoms with van der Waals surface area (Å²) in [6.07, 6.45) is 4.03. The van der Waals surface area contributed by atoms with Gasteiger partial charge in [-0.15, -0.1) is 0 Å². The van der Waals surface area contributed by atoms with Crippen LogP contribution in [0.4, 0.5) is 0 Å². The van der Waals surface area contributed by atoms with Crippen molar-refractivity contribution in [2.24, 2.45) is 0 Å². The first-order chi connectivity index (χ1) is 9.63. The van der Waals surface area contributed by atoms with Crippen molar-refractivity contribution in [1.82, 2.24) is 24.6 Å². The maximum Gasteiger partial charge on any atom is 0.337 e. The molecule has 1 N–H and O–H groups in total. The summed E-state index contributed by atoms with van der Waals surface area (Å²) in [4.78, 5) is 22.9. The quantitative estimate of drug-likeness (QED) is 0.766. The third-order valence-corrected chi connectivity index (χ3v) is 2.53. The number of carbonyl (C=O) groups is 1.